The zero-order valence-electron chi connectivity index (χ0n) is 10.2. The monoisotopic (exact) mass is 389 g/mol. The number of allylic oxidation sites excluding steroid dienone is 1. The molecule has 0 unspecified atom stereocenters. The minimum absolute atomic E-state index is 0.144. The smallest absolute Gasteiger partial charge is 0.397 e. The number of benzene rings is 1. The third-order valence-electron chi connectivity index (χ3n) is 2.46. The van der Waals surface area contributed by atoms with Crippen LogP contribution >= 0.6 is 39.1 Å². The van der Waals surface area contributed by atoms with Crippen molar-refractivity contribution >= 4 is 56.9 Å². The molecule has 0 saturated carbocycles. The van der Waals surface area contributed by atoms with Crippen LogP contribution in [0.4, 0.5) is 5.88 Å². The Hall–Kier alpha value is -1.63. The second kappa shape index (κ2) is 6.43. The summed E-state index contributed by atoms with van der Waals surface area (Å²) in [6, 6.07) is 7.16. The number of ketones is 1. The second-order valence-electron chi connectivity index (χ2n) is 3.88. The fourth-order valence-electron chi connectivity index (χ4n) is 1.49. The molecule has 1 heterocycles. The fraction of sp³-hybridized carbons (Fsp3) is 0. The summed E-state index contributed by atoms with van der Waals surface area (Å²) in [5, 5.41) is 11.4. The van der Waals surface area contributed by atoms with E-state index in [0.29, 0.717) is 15.6 Å². The van der Waals surface area contributed by atoms with E-state index in [1.54, 1.807) is 12.1 Å². The molecule has 0 bridgehead atoms. The molecule has 0 aliphatic carbocycles. The first-order valence-electron chi connectivity index (χ1n) is 5.49. The Morgan fingerprint density at radius 1 is 1.29 bits per heavy atom. The molecule has 2 aromatic rings. The minimum atomic E-state index is -0.718. The lowest BCUT2D eigenvalue weighted by atomic mass is 10.2. The minimum Gasteiger partial charge on any atom is -0.397 e. The molecule has 0 amide bonds. The van der Waals surface area contributed by atoms with Crippen LogP contribution in [-0.2, 0) is 0 Å². The molecule has 0 atom stereocenters. The second-order valence-corrected chi connectivity index (χ2v) is 5.58. The summed E-state index contributed by atoms with van der Waals surface area (Å²) < 4.78 is 4.99. The van der Waals surface area contributed by atoms with Crippen molar-refractivity contribution in [1.82, 2.24) is 0 Å². The SMILES string of the molecule is O=C(/C(Br)=C\c1ccc(Cl)cc1Cl)c1ccc([N+](=O)[O-])o1. The Morgan fingerprint density at radius 2 is 2.00 bits per heavy atom. The van der Waals surface area contributed by atoms with E-state index in [9.17, 15) is 14.9 Å². The molecular weight excluding hydrogens is 385 g/mol. The van der Waals surface area contributed by atoms with Crippen molar-refractivity contribution in [3.05, 3.63) is 66.3 Å². The third-order valence-corrected chi connectivity index (χ3v) is 3.61. The van der Waals surface area contributed by atoms with E-state index in [2.05, 4.69) is 15.9 Å². The topological polar surface area (TPSA) is 73.3 Å². The van der Waals surface area contributed by atoms with Gasteiger partial charge < -0.3 is 4.42 Å². The quantitative estimate of drug-likeness (QED) is 0.314. The van der Waals surface area contributed by atoms with Gasteiger partial charge in [0.2, 0.25) is 5.78 Å². The molecular formula is C13H6BrCl2NO4. The van der Waals surface area contributed by atoms with Crippen LogP contribution in [0.2, 0.25) is 10.0 Å². The lowest BCUT2D eigenvalue weighted by molar-refractivity contribution is -0.402. The van der Waals surface area contributed by atoms with Crippen LogP contribution in [0, 0.1) is 10.1 Å². The molecule has 0 spiro atoms. The lowest BCUT2D eigenvalue weighted by Gasteiger charge is -2.00. The van der Waals surface area contributed by atoms with E-state index in [4.69, 9.17) is 27.6 Å². The van der Waals surface area contributed by atoms with Crippen molar-refractivity contribution in [2.24, 2.45) is 0 Å². The van der Waals surface area contributed by atoms with E-state index in [1.807, 2.05) is 0 Å². The molecule has 1 aromatic carbocycles. The Balaban J connectivity index is 2.29. The van der Waals surface area contributed by atoms with Crippen molar-refractivity contribution in [3.8, 4) is 0 Å². The van der Waals surface area contributed by atoms with Gasteiger partial charge in [-0.15, -0.1) is 0 Å². The van der Waals surface area contributed by atoms with Crippen molar-refractivity contribution in [3.63, 3.8) is 0 Å². The molecule has 5 nitrogen and oxygen atoms in total. The number of hydrogen-bond donors (Lipinski definition) is 0. The maximum Gasteiger partial charge on any atom is 0.433 e. The Morgan fingerprint density at radius 3 is 2.57 bits per heavy atom. The van der Waals surface area contributed by atoms with Crippen molar-refractivity contribution < 1.29 is 14.1 Å². The van der Waals surface area contributed by atoms with Crippen LogP contribution in [-0.4, -0.2) is 10.7 Å². The van der Waals surface area contributed by atoms with Crippen LogP contribution in [0.15, 0.2) is 39.2 Å². The van der Waals surface area contributed by atoms with Crippen LogP contribution in [0.3, 0.4) is 0 Å². The summed E-state index contributed by atoms with van der Waals surface area (Å²) in [7, 11) is 0. The van der Waals surface area contributed by atoms with Gasteiger partial charge in [0, 0.05) is 10.0 Å². The van der Waals surface area contributed by atoms with Gasteiger partial charge in [-0.05, 0) is 45.8 Å². The zero-order valence-corrected chi connectivity index (χ0v) is 13.3. The molecule has 0 saturated heterocycles. The van der Waals surface area contributed by atoms with Crippen molar-refractivity contribution in [2.45, 2.75) is 0 Å². The number of furan rings is 1. The number of halogens is 3. The molecule has 0 aliphatic rings. The number of Topliss-reactive ketones (excluding diaryl/α,β-unsaturated/α-hetero) is 1. The summed E-state index contributed by atoms with van der Waals surface area (Å²) in [6.07, 6.45) is 1.48. The van der Waals surface area contributed by atoms with Crippen molar-refractivity contribution in [1.29, 1.82) is 0 Å². The average Bonchev–Trinajstić information content (AvgIpc) is 2.90. The van der Waals surface area contributed by atoms with E-state index in [0.717, 1.165) is 6.07 Å². The van der Waals surface area contributed by atoms with Gasteiger partial charge in [0.15, 0.2) is 5.76 Å². The molecule has 2 rings (SSSR count). The molecule has 8 heteroatoms. The van der Waals surface area contributed by atoms with Crippen molar-refractivity contribution in [2.75, 3.05) is 0 Å². The standard InChI is InChI=1S/C13H6BrCl2NO4/c14-9(5-7-1-2-8(15)6-10(7)16)13(18)11-3-4-12(21-11)17(19)20/h1-6H/b9-5+. The average molecular weight is 391 g/mol. The highest BCUT2D eigenvalue weighted by atomic mass is 79.9. The molecule has 21 heavy (non-hydrogen) atoms. The van der Waals surface area contributed by atoms with Gasteiger partial charge in [-0.25, -0.2) is 0 Å². The highest BCUT2D eigenvalue weighted by Crippen LogP contribution is 2.27. The summed E-state index contributed by atoms with van der Waals surface area (Å²) in [6.45, 7) is 0. The van der Waals surface area contributed by atoms with Crippen LogP contribution < -0.4 is 0 Å². The number of nitrogens with zero attached hydrogens (tertiary/aromatic N) is 1. The third kappa shape index (κ3) is 3.72. The number of carbonyl (C=O) groups is 1. The number of rotatable bonds is 4. The van der Waals surface area contributed by atoms with Gasteiger partial charge in [-0.2, -0.15) is 0 Å². The van der Waals surface area contributed by atoms with Crippen LogP contribution in [0.25, 0.3) is 6.08 Å². The molecule has 108 valence electrons. The van der Waals surface area contributed by atoms with Gasteiger partial charge in [0.05, 0.1) is 10.5 Å². The largest absolute Gasteiger partial charge is 0.433 e. The Bertz CT molecular complexity index is 754. The van der Waals surface area contributed by atoms with Gasteiger partial charge in [-0.1, -0.05) is 29.3 Å². The van der Waals surface area contributed by atoms with Gasteiger partial charge in [0.25, 0.3) is 0 Å². The van der Waals surface area contributed by atoms with E-state index in [1.165, 1.54) is 18.2 Å². The van der Waals surface area contributed by atoms with Crippen LogP contribution in [0.1, 0.15) is 16.1 Å². The first kappa shape index (κ1) is 15.8. The molecule has 0 aliphatic heterocycles. The molecule has 0 N–H and O–H groups in total. The molecule has 0 radical (unpaired) electrons. The van der Waals surface area contributed by atoms with E-state index in [-0.39, 0.29) is 10.2 Å². The van der Waals surface area contributed by atoms with Gasteiger partial charge in [0.1, 0.15) is 4.92 Å². The summed E-state index contributed by atoms with van der Waals surface area (Å²) in [4.78, 5) is 21.9. The van der Waals surface area contributed by atoms with E-state index < -0.39 is 16.6 Å². The maximum absolute atomic E-state index is 12.1. The van der Waals surface area contributed by atoms with Gasteiger partial charge in [-0.3, -0.25) is 14.9 Å². The van der Waals surface area contributed by atoms with Crippen LogP contribution in [0.5, 0.6) is 0 Å². The zero-order chi connectivity index (χ0) is 15.6. The number of hydrogen-bond acceptors (Lipinski definition) is 4. The highest BCUT2D eigenvalue weighted by molar-refractivity contribution is 9.12. The lowest BCUT2D eigenvalue weighted by Crippen LogP contribution is -1.96. The predicted molar refractivity (Wildman–Crippen MR) is 83.1 cm³/mol. The fourth-order valence-corrected chi connectivity index (χ4v) is 2.39. The van der Waals surface area contributed by atoms with Gasteiger partial charge >= 0.3 is 5.88 Å². The summed E-state index contributed by atoms with van der Waals surface area (Å²) >= 11 is 14.9. The normalized spacial score (nSPS) is 11.5. The Labute approximate surface area is 137 Å². The molecule has 1 aromatic heterocycles. The first-order valence-corrected chi connectivity index (χ1v) is 7.04. The number of carbonyl (C=O) groups excluding carboxylic acids is 1. The summed E-state index contributed by atoms with van der Waals surface area (Å²) in [5.74, 6) is -1.17. The first-order chi connectivity index (χ1) is 9.88. The Kier molecular flexibility index (Phi) is 4.82. The predicted octanol–water partition coefficient (Wildman–Crippen LogP) is 5.11. The summed E-state index contributed by atoms with van der Waals surface area (Å²) in [5.41, 5.74) is 0.572. The molecule has 0 fully saturated rings. The van der Waals surface area contributed by atoms with E-state index >= 15 is 0 Å². The maximum atomic E-state index is 12.1. The number of nitro groups is 1. The highest BCUT2D eigenvalue weighted by Gasteiger charge is 2.19.